The van der Waals surface area contributed by atoms with Crippen LogP contribution in [0, 0.1) is 0 Å². The Kier molecular flexibility index (Phi) is 46.3. The number of hydrogen-bond donors (Lipinski definition) is 3. The second kappa shape index (κ2) is 14.2. The molecule has 53 valence electrons. The van der Waals surface area contributed by atoms with E-state index in [1.807, 2.05) is 0 Å². The van der Waals surface area contributed by atoms with Crippen molar-refractivity contribution < 1.29 is 36.3 Å². The summed E-state index contributed by atoms with van der Waals surface area (Å²) >= 11 is 0. The van der Waals surface area contributed by atoms with Gasteiger partial charge in [0.2, 0.25) is 0 Å². The molecule has 1 radical (unpaired) electrons. The summed E-state index contributed by atoms with van der Waals surface area (Å²) in [6, 6.07) is 0. The third kappa shape index (κ3) is 81.3. The molecule has 0 spiro atoms. The normalized spacial score (nSPS) is 6.56. The zero-order chi connectivity index (χ0) is 4.50. The van der Waals surface area contributed by atoms with E-state index in [-0.39, 0.29) is 107 Å². The molecule has 0 aromatic rings. The maximum atomic E-state index is 8.88. The van der Waals surface area contributed by atoms with Crippen molar-refractivity contribution in [1.29, 1.82) is 0 Å². The van der Waals surface area contributed by atoms with Gasteiger partial charge in [-0.3, -0.25) is 0 Å². The molecule has 3 N–H and O–H groups in total. The van der Waals surface area contributed by atoms with E-state index >= 15 is 0 Å². The summed E-state index contributed by atoms with van der Waals surface area (Å²) < 4.78 is 8.88. The first-order valence-corrected chi connectivity index (χ1v) is 2.35. The summed E-state index contributed by atoms with van der Waals surface area (Å²) in [6.45, 7) is 0. The number of phosphoric acid groups is 1. The van der Waals surface area contributed by atoms with Gasteiger partial charge in [-0.2, -0.15) is 0 Å². The fraction of sp³-hybridized carbons (Fsp3) is 0. The molecule has 0 amide bonds. The van der Waals surface area contributed by atoms with Gasteiger partial charge in [-0.25, -0.2) is 4.57 Å². The molecule has 0 aromatic carbocycles. The molecule has 0 saturated carbocycles. The van der Waals surface area contributed by atoms with Crippen LogP contribution in [0.1, 0.15) is 0 Å². The molecule has 0 heterocycles. The zero-order valence-electron chi connectivity index (χ0n) is 2.50. The van der Waals surface area contributed by atoms with Crippen molar-refractivity contribution in [1.82, 2.24) is 0 Å². The van der Waals surface area contributed by atoms with Crippen molar-refractivity contribution in [3.63, 3.8) is 0 Å². The van der Waals surface area contributed by atoms with E-state index in [1.165, 1.54) is 0 Å². The molecular weight excluding hydrogens is 246 g/mol. The molecule has 9 heavy (non-hydrogen) atoms. The Labute approximate surface area is 132 Å². The van der Waals surface area contributed by atoms with Crippen LogP contribution in [0.5, 0.6) is 0 Å². The SMILES string of the molecule is O=P(O)(O)O.[CaH2].[Cu].[MgH2].[NaH]. The van der Waals surface area contributed by atoms with Crippen molar-refractivity contribution in [3.8, 4) is 0 Å². The van der Waals surface area contributed by atoms with Gasteiger partial charge in [0.1, 0.15) is 0 Å². The van der Waals surface area contributed by atoms with Gasteiger partial charge in [0.05, 0.1) is 0 Å². The third-order valence-corrected chi connectivity index (χ3v) is 0. The minimum absolute atomic E-state index is 0. The van der Waals surface area contributed by atoms with E-state index in [0.717, 1.165) is 0 Å². The summed E-state index contributed by atoms with van der Waals surface area (Å²) in [7, 11) is -4.64. The standard InChI is InChI=1S/Ca.Cu.Mg.Na.H3O4P.5H/c;;;;1-5(2,3)4;;;;;/h;;;;(H3,1,2,3,4);;;;;. The van der Waals surface area contributed by atoms with Crippen molar-refractivity contribution in [2.75, 3.05) is 0 Å². The van der Waals surface area contributed by atoms with Gasteiger partial charge in [0, 0.05) is 17.1 Å². The second-order valence-corrected chi connectivity index (χ2v) is 1.54. The van der Waals surface area contributed by atoms with Crippen molar-refractivity contribution in [2.24, 2.45) is 0 Å². The molecule has 0 atom stereocenters. The number of rotatable bonds is 0. The molecule has 4 nitrogen and oxygen atoms in total. The van der Waals surface area contributed by atoms with E-state index in [1.54, 1.807) is 0 Å². The average Bonchev–Trinajstić information content (AvgIpc) is 0.722. The van der Waals surface area contributed by atoms with Gasteiger partial charge in [-0.05, 0) is 0 Å². The van der Waals surface area contributed by atoms with Gasteiger partial charge in [0.25, 0.3) is 0 Å². The van der Waals surface area contributed by atoms with Crippen LogP contribution in [-0.2, 0) is 21.6 Å². The molecule has 0 saturated heterocycles. The maximum absolute atomic E-state index is 8.88. The summed E-state index contributed by atoms with van der Waals surface area (Å²) in [5, 5.41) is 0. The molecule has 0 bridgehead atoms. The molecule has 0 rings (SSSR count). The molecule has 0 fully saturated rings. The molecule has 0 aliphatic carbocycles. The summed E-state index contributed by atoms with van der Waals surface area (Å²) in [5.74, 6) is 0. The van der Waals surface area contributed by atoms with Crippen LogP contribution in [0.4, 0.5) is 0 Å². The minimum atomic E-state index is -4.64. The molecule has 0 aliphatic heterocycles. The molecule has 0 unspecified atom stereocenters. The van der Waals surface area contributed by atoms with Crippen LogP contribution in [-0.4, -0.2) is 105 Å². The summed E-state index contributed by atoms with van der Waals surface area (Å²) in [4.78, 5) is 21.6. The van der Waals surface area contributed by atoms with E-state index in [0.29, 0.717) is 0 Å². The van der Waals surface area contributed by atoms with Crippen LogP contribution in [0.15, 0.2) is 0 Å². The van der Waals surface area contributed by atoms with Crippen LogP contribution < -0.4 is 0 Å². The van der Waals surface area contributed by atoms with Crippen LogP contribution in [0.2, 0.25) is 0 Å². The molecule has 0 aliphatic rings. The Bertz CT molecular complexity index is 66.7. The summed E-state index contributed by atoms with van der Waals surface area (Å²) in [5.41, 5.74) is 0. The second-order valence-electron chi connectivity index (χ2n) is 0.513. The van der Waals surface area contributed by atoms with Crippen LogP contribution in [0.25, 0.3) is 0 Å². The van der Waals surface area contributed by atoms with Gasteiger partial charge < -0.3 is 14.7 Å². The van der Waals surface area contributed by atoms with Crippen molar-refractivity contribution >= 4 is 98.2 Å². The topological polar surface area (TPSA) is 77.8 Å². The molecule has 0 aromatic heterocycles. The Balaban J connectivity index is -0.0000000133. The Morgan fingerprint density at radius 3 is 1.11 bits per heavy atom. The predicted molar refractivity (Wildman–Crippen MR) is 38.5 cm³/mol. The quantitative estimate of drug-likeness (QED) is 0.311. The Morgan fingerprint density at radius 1 is 1.11 bits per heavy atom. The van der Waals surface area contributed by atoms with E-state index in [4.69, 9.17) is 19.2 Å². The van der Waals surface area contributed by atoms with Crippen LogP contribution in [0.3, 0.4) is 0 Å². The van der Waals surface area contributed by atoms with Gasteiger partial charge in [-0.1, -0.05) is 0 Å². The fourth-order valence-electron chi connectivity index (χ4n) is 0. The Hall–Kier alpha value is 3.66. The monoisotopic (exact) mass is 253 g/mol. The van der Waals surface area contributed by atoms with E-state index in [2.05, 4.69) is 0 Å². The van der Waals surface area contributed by atoms with E-state index < -0.39 is 7.82 Å². The predicted octanol–water partition coefficient (Wildman–Crippen LogP) is -3.41. The van der Waals surface area contributed by atoms with Crippen molar-refractivity contribution in [2.45, 2.75) is 0 Å². The van der Waals surface area contributed by atoms with Crippen molar-refractivity contribution in [3.05, 3.63) is 0 Å². The van der Waals surface area contributed by atoms with Crippen LogP contribution >= 0.6 is 7.82 Å². The fourth-order valence-corrected chi connectivity index (χ4v) is 0. The third-order valence-electron chi connectivity index (χ3n) is 0. The number of hydrogen-bond acceptors (Lipinski definition) is 1. The first kappa shape index (κ1) is 29.3. The van der Waals surface area contributed by atoms with E-state index in [9.17, 15) is 0 Å². The zero-order valence-corrected chi connectivity index (χ0v) is 4.33. The van der Waals surface area contributed by atoms with Gasteiger partial charge in [0.15, 0.2) is 0 Å². The Morgan fingerprint density at radius 2 is 1.11 bits per heavy atom. The molecule has 9 heteroatoms. The average molecular weight is 254 g/mol. The van der Waals surface area contributed by atoms with Gasteiger partial charge >= 0.3 is 98.2 Å². The summed E-state index contributed by atoms with van der Waals surface area (Å²) in [6.07, 6.45) is 0. The first-order chi connectivity index (χ1) is 2.00. The molecular formula is H8CaCuMgNaO4P. The van der Waals surface area contributed by atoms with Gasteiger partial charge in [-0.15, -0.1) is 0 Å². The first-order valence-electron chi connectivity index (χ1n) is 0.783.